The van der Waals surface area contributed by atoms with Crippen LogP contribution in [-0.2, 0) is 28.6 Å². The van der Waals surface area contributed by atoms with Gasteiger partial charge >= 0.3 is 17.9 Å². The highest BCUT2D eigenvalue weighted by atomic mass is 16.6. The Hall–Kier alpha value is -2.89. The Balaban J connectivity index is 4.24. The molecular formula is C73H132O6. The lowest BCUT2D eigenvalue weighted by molar-refractivity contribution is -0.166. The van der Waals surface area contributed by atoms with E-state index in [1.54, 1.807) is 0 Å². The summed E-state index contributed by atoms with van der Waals surface area (Å²) in [4.78, 5) is 38.3. The van der Waals surface area contributed by atoms with E-state index in [0.717, 1.165) is 70.6 Å². The highest BCUT2D eigenvalue weighted by molar-refractivity contribution is 5.72. The van der Waals surface area contributed by atoms with Crippen molar-refractivity contribution >= 4 is 17.9 Å². The first-order chi connectivity index (χ1) is 39.0. The van der Waals surface area contributed by atoms with Crippen molar-refractivity contribution in [1.29, 1.82) is 0 Å². The predicted octanol–water partition coefficient (Wildman–Crippen LogP) is 23.9. The van der Waals surface area contributed by atoms with Gasteiger partial charge in [0.05, 0.1) is 6.42 Å². The fraction of sp³-hybridized carbons (Fsp3) is 0.822. The summed E-state index contributed by atoms with van der Waals surface area (Å²) in [6, 6.07) is 0. The lowest BCUT2D eigenvalue weighted by Crippen LogP contribution is -2.30. The summed E-state index contributed by atoms with van der Waals surface area (Å²) in [7, 11) is 0. The van der Waals surface area contributed by atoms with Crippen molar-refractivity contribution in [2.75, 3.05) is 13.2 Å². The SMILES string of the molecule is CC/C=C\C/C=C\C/C=C\C/C=C\C/C=C\CC(=O)OCC(COC(=O)CCCCCCCCCCCCCCCCCCCCCCCCCCCCCCC)OC(=O)CCCCCCCCCCCCCCCCCCC. The number of esters is 3. The minimum atomic E-state index is -0.812. The number of ether oxygens (including phenoxy) is 3. The standard InChI is InChI=1S/C73H132O6/c1-4-7-10-13-16-19-22-25-28-30-31-32-33-34-35-36-37-38-39-40-41-43-45-48-51-54-57-60-63-66-72(75)78-69-70(68-77-71(74)65-62-59-56-53-50-47-44-27-24-21-18-15-12-9-6-3)79-73(76)67-64-61-58-55-52-49-46-42-29-26-23-20-17-14-11-8-5-2/h9,12,18,21,27,44,50,53,59,62,70H,4-8,10-11,13-17,19-20,22-26,28-43,45-49,51-52,54-58,60-61,63-69H2,1-3H3/b12-9-,21-18-,44-27-,53-50-,62-59-. The van der Waals surface area contributed by atoms with E-state index < -0.39 is 12.1 Å². The van der Waals surface area contributed by atoms with Gasteiger partial charge in [-0.1, -0.05) is 364 Å². The zero-order valence-corrected chi connectivity index (χ0v) is 52.9. The highest BCUT2D eigenvalue weighted by Crippen LogP contribution is 2.19. The molecule has 0 rings (SSSR count). The second kappa shape index (κ2) is 67.6. The number of rotatable bonds is 64. The summed E-state index contributed by atoms with van der Waals surface area (Å²) in [5, 5.41) is 0. The maximum atomic E-state index is 12.9. The summed E-state index contributed by atoms with van der Waals surface area (Å²) in [5.74, 6) is -1.01. The quantitative estimate of drug-likeness (QED) is 0.0261. The van der Waals surface area contributed by atoms with Gasteiger partial charge in [-0.15, -0.1) is 0 Å². The topological polar surface area (TPSA) is 78.9 Å². The Bertz CT molecular complexity index is 1410. The Labute approximate surface area is 491 Å². The Kier molecular flexibility index (Phi) is 65.1. The lowest BCUT2D eigenvalue weighted by Gasteiger charge is -2.18. The molecule has 0 aliphatic carbocycles. The monoisotopic (exact) mass is 1110 g/mol. The molecule has 6 heteroatoms. The zero-order valence-electron chi connectivity index (χ0n) is 52.9. The summed E-state index contributed by atoms with van der Waals surface area (Å²) in [5.41, 5.74) is 0. The molecule has 0 aromatic carbocycles. The van der Waals surface area contributed by atoms with Crippen molar-refractivity contribution in [2.45, 2.75) is 374 Å². The first-order valence-electron chi connectivity index (χ1n) is 34.8. The van der Waals surface area contributed by atoms with Gasteiger partial charge in [0.15, 0.2) is 6.10 Å². The second-order valence-electron chi connectivity index (χ2n) is 23.4. The maximum Gasteiger partial charge on any atom is 0.309 e. The van der Waals surface area contributed by atoms with Crippen LogP contribution in [0.25, 0.3) is 0 Å². The van der Waals surface area contributed by atoms with Gasteiger partial charge in [-0.3, -0.25) is 14.4 Å². The highest BCUT2D eigenvalue weighted by Gasteiger charge is 2.19. The molecule has 0 aromatic rings. The molecule has 0 amide bonds. The smallest absolute Gasteiger partial charge is 0.309 e. The number of hydrogen-bond acceptors (Lipinski definition) is 6. The van der Waals surface area contributed by atoms with Gasteiger partial charge in [0.2, 0.25) is 0 Å². The van der Waals surface area contributed by atoms with E-state index in [1.807, 2.05) is 12.2 Å². The van der Waals surface area contributed by atoms with Gasteiger partial charge in [-0.2, -0.15) is 0 Å². The van der Waals surface area contributed by atoms with Crippen LogP contribution in [0.5, 0.6) is 0 Å². The number of carbonyl (C=O) groups is 3. The molecule has 0 fully saturated rings. The van der Waals surface area contributed by atoms with Crippen LogP contribution < -0.4 is 0 Å². The van der Waals surface area contributed by atoms with Crippen LogP contribution in [0.3, 0.4) is 0 Å². The van der Waals surface area contributed by atoms with Gasteiger partial charge in [-0.25, -0.2) is 0 Å². The van der Waals surface area contributed by atoms with Crippen molar-refractivity contribution in [3.63, 3.8) is 0 Å². The molecule has 6 nitrogen and oxygen atoms in total. The molecule has 0 heterocycles. The second-order valence-corrected chi connectivity index (χ2v) is 23.4. The van der Waals surface area contributed by atoms with Gasteiger partial charge in [-0.05, 0) is 44.9 Å². The molecule has 0 saturated heterocycles. The zero-order chi connectivity index (χ0) is 57.1. The molecule has 0 aromatic heterocycles. The molecule has 1 unspecified atom stereocenters. The predicted molar refractivity (Wildman–Crippen MR) is 344 cm³/mol. The Morgan fingerprint density at radius 3 is 0.772 bits per heavy atom. The van der Waals surface area contributed by atoms with Crippen molar-refractivity contribution < 1.29 is 28.6 Å². The van der Waals surface area contributed by atoms with Crippen LogP contribution in [0.4, 0.5) is 0 Å². The summed E-state index contributed by atoms with van der Waals surface area (Å²) in [6.07, 6.45) is 87.2. The van der Waals surface area contributed by atoms with E-state index in [-0.39, 0.29) is 31.6 Å². The Morgan fingerprint density at radius 1 is 0.266 bits per heavy atom. The molecule has 1 atom stereocenters. The number of hydrogen-bond donors (Lipinski definition) is 0. The average molecular weight is 1110 g/mol. The third kappa shape index (κ3) is 65.8. The molecule has 0 spiro atoms. The number of allylic oxidation sites excluding steroid dienone is 9. The molecule has 0 radical (unpaired) electrons. The van der Waals surface area contributed by atoms with Gasteiger partial charge in [0.25, 0.3) is 0 Å². The first kappa shape index (κ1) is 76.1. The summed E-state index contributed by atoms with van der Waals surface area (Å²) >= 11 is 0. The molecule has 79 heavy (non-hydrogen) atoms. The van der Waals surface area contributed by atoms with Crippen LogP contribution in [0.15, 0.2) is 60.8 Å². The van der Waals surface area contributed by atoms with E-state index in [9.17, 15) is 14.4 Å². The van der Waals surface area contributed by atoms with Crippen LogP contribution in [-0.4, -0.2) is 37.2 Å². The summed E-state index contributed by atoms with van der Waals surface area (Å²) < 4.78 is 16.9. The van der Waals surface area contributed by atoms with Crippen LogP contribution in [0.1, 0.15) is 367 Å². The minimum absolute atomic E-state index is 0.0991. The minimum Gasteiger partial charge on any atom is -0.462 e. The lowest BCUT2D eigenvalue weighted by atomic mass is 10.0. The third-order valence-electron chi connectivity index (χ3n) is 15.6. The van der Waals surface area contributed by atoms with E-state index in [0.29, 0.717) is 12.8 Å². The molecule has 0 saturated carbocycles. The first-order valence-corrected chi connectivity index (χ1v) is 34.8. The van der Waals surface area contributed by atoms with Crippen molar-refractivity contribution in [3.05, 3.63) is 60.8 Å². The molecular weight excluding hydrogens is 973 g/mol. The largest absolute Gasteiger partial charge is 0.462 e. The van der Waals surface area contributed by atoms with Crippen LogP contribution >= 0.6 is 0 Å². The third-order valence-corrected chi connectivity index (χ3v) is 15.6. The van der Waals surface area contributed by atoms with E-state index >= 15 is 0 Å². The average Bonchev–Trinajstić information content (AvgIpc) is 3.45. The molecule has 0 aliphatic heterocycles. The number of carbonyl (C=O) groups excluding carboxylic acids is 3. The van der Waals surface area contributed by atoms with Gasteiger partial charge < -0.3 is 14.2 Å². The fourth-order valence-corrected chi connectivity index (χ4v) is 10.4. The van der Waals surface area contributed by atoms with Crippen molar-refractivity contribution in [2.24, 2.45) is 0 Å². The van der Waals surface area contributed by atoms with E-state index in [4.69, 9.17) is 14.2 Å². The normalized spacial score (nSPS) is 12.4. The fourth-order valence-electron chi connectivity index (χ4n) is 10.4. The maximum absolute atomic E-state index is 12.9. The molecule has 0 aliphatic rings. The Morgan fingerprint density at radius 2 is 0.494 bits per heavy atom. The molecule has 460 valence electrons. The van der Waals surface area contributed by atoms with Crippen molar-refractivity contribution in [3.8, 4) is 0 Å². The molecule has 0 bridgehead atoms. The van der Waals surface area contributed by atoms with Gasteiger partial charge in [0, 0.05) is 12.8 Å². The van der Waals surface area contributed by atoms with Crippen LogP contribution in [0, 0.1) is 0 Å². The van der Waals surface area contributed by atoms with Crippen molar-refractivity contribution in [1.82, 2.24) is 0 Å². The van der Waals surface area contributed by atoms with E-state index in [2.05, 4.69) is 69.4 Å². The molecule has 0 N–H and O–H groups in total. The van der Waals surface area contributed by atoms with E-state index in [1.165, 1.54) is 257 Å². The van der Waals surface area contributed by atoms with Gasteiger partial charge in [0.1, 0.15) is 13.2 Å². The number of unbranched alkanes of at least 4 members (excludes halogenated alkanes) is 44. The summed E-state index contributed by atoms with van der Waals surface area (Å²) in [6.45, 7) is 6.50. The van der Waals surface area contributed by atoms with Crippen LogP contribution in [0.2, 0.25) is 0 Å².